The number of aromatic nitrogens is 4. The van der Waals surface area contributed by atoms with Gasteiger partial charge in [0.1, 0.15) is 6.04 Å². The molecule has 1 aromatic heterocycles. The van der Waals surface area contributed by atoms with Crippen LogP contribution in [-0.2, 0) is 23.1 Å². The van der Waals surface area contributed by atoms with E-state index in [2.05, 4.69) is 32.0 Å². The van der Waals surface area contributed by atoms with Crippen molar-refractivity contribution in [1.82, 2.24) is 30.8 Å². The van der Waals surface area contributed by atoms with Crippen LogP contribution in [0, 0.1) is 17.2 Å². The molecule has 12 nitrogen and oxygen atoms in total. The van der Waals surface area contributed by atoms with E-state index in [9.17, 15) is 19.6 Å². The summed E-state index contributed by atoms with van der Waals surface area (Å²) >= 11 is 0. The van der Waals surface area contributed by atoms with Gasteiger partial charge < -0.3 is 21.7 Å². The molecule has 0 aliphatic heterocycles. The highest BCUT2D eigenvalue weighted by Gasteiger charge is 2.47. The maximum Gasteiger partial charge on any atom is 0.248 e. The third-order valence-corrected chi connectivity index (χ3v) is 10.2. The summed E-state index contributed by atoms with van der Waals surface area (Å²) in [6.45, 7) is 1.88. The van der Waals surface area contributed by atoms with Gasteiger partial charge in [0, 0.05) is 23.2 Å². The van der Waals surface area contributed by atoms with Crippen LogP contribution in [0.25, 0.3) is 0 Å². The first-order valence-corrected chi connectivity index (χ1v) is 16.3. The van der Waals surface area contributed by atoms with Crippen molar-refractivity contribution in [1.29, 1.82) is 5.26 Å². The van der Waals surface area contributed by atoms with Crippen LogP contribution < -0.4 is 16.8 Å². The first-order chi connectivity index (χ1) is 22.2. The maximum absolute atomic E-state index is 13.7. The fourth-order valence-corrected chi connectivity index (χ4v) is 7.78. The smallest absolute Gasteiger partial charge is 0.248 e. The third-order valence-electron chi connectivity index (χ3n) is 10.2. The SMILES string of the molecule is CC(C#N)N(C(=O)CN[C@H](CC1(c2nn[nH]n2)c2ccc(C(N)=O)cc2CCc2cc(C(N)=O)ccc21)C1CCCCC1)C1CC1. The van der Waals surface area contributed by atoms with Crippen LogP contribution in [-0.4, -0.2) is 67.9 Å². The van der Waals surface area contributed by atoms with E-state index in [-0.39, 0.29) is 30.5 Å². The Morgan fingerprint density at radius 3 is 2.11 bits per heavy atom. The van der Waals surface area contributed by atoms with E-state index in [1.807, 2.05) is 24.3 Å². The number of nitrogens with zero attached hydrogens (tertiary/aromatic N) is 5. The van der Waals surface area contributed by atoms with Gasteiger partial charge in [0.05, 0.1) is 18.0 Å². The van der Waals surface area contributed by atoms with E-state index in [0.29, 0.717) is 36.2 Å². The monoisotopic (exact) mass is 623 g/mol. The molecule has 3 aliphatic carbocycles. The van der Waals surface area contributed by atoms with Crippen LogP contribution in [0.4, 0.5) is 0 Å². The highest BCUT2D eigenvalue weighted by atomic mass is 16.2. The number of nitriles is 1. The van der Waals surface area contributed by atoms with Crippen molar-refractivity contribution < 1.29 is 14.4 Å². The Balaban J connectivity index is 1.49. The number of fused-ring (bicyclic) bond motifs is 2. The normalized spacial score (nSPS) is 18.7. The number of nitrogens with two attached hydrogens (primary N) is 2. The first-order valence-electron chi connectivity index (χ1n) is 16.3. The summed E-state index contributed by atoms with van der Waals surface area (Å²) in [6.07, 6.45) is 8.90. The average molecular weight is 624 g/mol. The summed E-state index contributed by atoms with van der Waals surface area (Å²) in [6, 6.07) is 12.8. The minimum Gasteiger partial charge on any atom is -0.366 e. The summed E-state index contributed by atoms with van der Waals surface area (Å²) in [4.78, 5) is 39.9. The van der Waals surface area contributed by atoms with Crippen molar-refractivity contribution in [3.63, 3.8) is 0 Å². The van der Waals surface area contributed by atoms with Crippen LogP contribution in [0.2, 0.25) is 0 Å². The van der Waals surface area contributed by atoms with E-state index in [1.54, 1.807) is 24.0 Å². The van der Waals surface area contributed by atoms with Gasteiger partial charge in [0.2, 0.25) is 17.7 Å². The Morgan fingerprint density at radius 2 is 1.61 bits per heavy atom. The molecule has 240 valence electrons. The summed E-state index contributed by atoms with van der Waals surface area (Å²) in [5.74, 6) is -0.374. The lowest BCUT2D eigenvalue weighted by molar-refractivity contribution is -0.132. The summed E-state index contributed by atoms with van der Waals surface area (Å²) in [5, 5.41) is 29.1. The van der Waals surface area contributed by atoms with E-state index in [1.165, 1.54) is 6.42 Å². The van der Waals surface area contributed by atoms with Gasteiger partial charge in [0.25, 0.3) is 0 Å². The predicted molar refractivity (Wildman–Crippen MR) is 169 cm³/mol. The van der Waals surface area contributed by atoms with Crippen molar-refractivity contribution >= 4 is 17.7 Å². The van der Waals surface area contributed by atoms with E-state index >= 15 is 0 Å². The Morgan fingerprint density at radius 1 is 1.00 bits per heavy atom. The fraction of sp³-hybridized carbons (Fsp3) is 0.500. The molecule has 46 heavy (non-hydrogen) atoms. The van der Waals surface area contributed by atoms with Crippen molar-refractivity contribution in [3.05, 3.63) is 75.6 Å². The van der Waals surface area contributed by atoms with Gasteiger partial charge >= 0.3 is 0 Å². The number of rotatable bonds is 11. The molecule has 6 N–H and O–H groups in total. The number of primary amides is 2. The largest absolute Gasteiger partial charge is 0.366 e. The zero-order valence-electron chi connectivity index (χ0n) is 26.2. The number of tetrazole rings is 1. The number of nitrogens with one attached hydrogen (secondary N) is 2. The van der Waals surface area contributed by atoms with E-state index < -0.39 is 23.3 Å². The van der Waals surface area contributed by atoms with Crippen LogP contribution in [0.5, 0.6) is 0 Å². The molecule has 6 rings (SSSR count). The van der Waals surface area contributed by atoms with Crippen LogP contribution in [0.1, 0.15) is 107 Å². The molecule has 0 bridgehead atoms. The number of aromatic amines is 1. The van der Waals surface area contributed by atoms with Gasteiger partial charge in [-0.15, -0.1) is 10.2 Å². The molecule has 1 unspecified atom stereocenters. The Hall–Kier alpha value is -4.63. The topological polar surface area (TPSA) is 197 Å². The molecule has 12 heteroatoms. The summed E-state index contributed by atoms with van der Waals surface area (Å²) in [7, 11) is 0. The standard InChI is InChI=1S/C34H41N9O3/c1-20(18-35)43(26-11-12-26)30(44)19-38-29(21-5-3-2-4-6-21)17-34(33-39-41-42-40-33)27-13-9-24(31(36)45)15-22(27)7-8-23-16-25(32(37)46)10-14-28(23)34/h9-10,13-16,20-21,26,29,38H,2-8,11-12,17,19H2,1H3,(H2,36,45)(H2,37,46)(H,39,40,41,42)/t20?,29-/m1/s1. The van der Waals surface area contributed by atoms with Crippen LogP contribution in [0.15, 0.2) is 36.4 Å². The van der Waals surface area contributed by atoms with Crippen molar-refractivity contribution in [2.24, 2.45) is 17.4 Å². The lowest BCUT2D eigenvalue weighted by atomic mass is 9.65. The number of hydrogen-bond donors (Lipinski definition) is 4. The zero-order valence-corrected chi connectivity index (χ0v) is 26.2. The molecule has 2 atom stereocenters. The zero-order chi connectivity index (χ0) is 32.4. The second-order valence-corrected chi connectivity index (χ2v) is 13.0. The van der Waals surface area contributed by atoms with Gasteiger partial charge in [0.15, 0.2) is 5.82 Å². The number of hydrogen-bond acceptors (Lipinski definition) is 8. The van der Waals surface area contributed by atoms with Crippen molar-refractivity contribution in [2.45, 2.75) is 94.7 Å². The van der Waals surface area contributed by atoms with Crippen molar-refractivity contribution in [3.8, 4) is 6.07 Å². The second-order valence-electron chi connectivity index (χ2n) is 13.0. The van der Waals surface area contributed by atoms with Gasteiger partial charge in [-0.25, -0.2) is 0 Å². The first kappa shape index (κ1) is 31.4. The molecular formula is C34H41N9O3. The number of benzene rings is 2. The minimum absolute atomic E-state index is 0.0789. The van der Waals surface area contributed by atoms with Crippen LogP contribution >= 0.6 is 0 Å². The second kappa shape index (κ2) is 13.0. The lowest BCUT2D eigenvalue weighted by Crippen LogP contribution is -2.50. The molecule has 2 aromatic carbocycles. The van der Waals surface area contributed by atoms with E-state index in [4.69, 9.17) is 11.5 Å². The third kappa shape index (κ3) is 5.99. The van der Waals surface area contributed by atoms with Crippen molar-refractivity contribution in [2.75, 3.05) is 6.54 Å². The van der Waals surface area contributed by atoms with Gasteiger partial charge in [-0.1, -0.05) is 36.6 Å². The molecule has 0 spiro atoms. The molecule has 1 heterocycles. The fourth-order valence-electron chi connectivity index (χ4n) is 7.78. The summed E-state index contributed by atoms with van der Waals surface area (Å²) in [5.41, 5.74) is 15.0. The minimum atomic E-state index is -0.950. The Labute approximate surface area is 268 Å². The molecule has 3 aliphatic rings. The van der Waals surface area contributed by atoms with Gasteiger partial charge in [-0.2, -0.15) is 10.5 Å². The highest BCUT2D eigenvalue weighted by Crippen LogP contribution is 2.48. The number of carbonyl (C=O) groups excluding carboxylic acids is 3. The quantitative estimate of drug-likeness (QED) is 0.250. The van der Waals surface area contributed by atoms with Gasteiger partial charge in [-0.05, 0) is 104 Å². The molecule has 2 saturated carbocycles. The molecule has 0 saturated heterocycles. The van der Waals surface area contributed by atoms with E-state index in [0.717, 1.165) is 60.8 Å². The predicted octanol–water partition coefficient (Wildman–Crippen LogP) is 2.66. The number of amides is 3. The van der Waals surface area contributed by atoms with Gasteiger partial charge in [-0.3, -0.25) is 14.4 Å². The Kier molecular flexibility index (Phi) is 8.86. The number of H-pyrrole nitrogens is 1. The number of aryl methyl sites for hydroxylation is 2. The molecule has 3 aromatic rings. The Bertz CT molecular complexity index is 1590. The molecule has 3 amide bonds. The number of carbonyl (C=O) groups is 3. The summed E-state index contributed by atoms with van der Waals surface area (Å²) < 4.78 is 0. The maximum atomic E-state index is 13.7. The molecule has 2 fully saturated rings. The lowest BCUT2D eigenvalue weighted by Gasteiger charge is -2.41. The highest BCUT2D eigenvalue weighted by molar-refractivity contribution is 5.94. The average Bonchev–Trinajstić information content (AvgIpc) is 3.77. The molecular weight excluding hydrogens is 582 g/mol. The molecule has 0 radical (unpaired) electrons. The van der Waals surface area contributed by atoms with Crippen LogP contribution in [0.3, 0.4) is 0 Å².